The number of rotatable bonds is 7. The number of hydrogen-bond acceptors (Lipinski definition) is 4. The van der Waals surface area contributed by atoms with Crippen LogP contribution in [0.3, 0.4) is 0 Å². The lowest BCUT2D eigenvalue weighted by atomic mass is 10.2. The van der Waals surface area contributed by atoms with E-state index in [0.29, 0.717) is 19.7 Å². The van der Waals surface area contributed by atoms with Gasteiger partial charge in [-0.05, 0) is 30.7 Å². The number of thioether (sulfide) groups is 1. The van der Waals surface area contributed by atoms with Crippen LogP contribution in [0.25, 0.3) is 0 Å². The highest BCUT2D eigenvalue weighted by Crippen LogP contribution is 2.33. The van der Waals surface area contributed by atoms with Gasteiger partial charge in [0.25, 0.3) is 0 Å². The summed E-state index contributed by atoms with van der Waals surface area (Å²) in [6, 6.07) is 6.14. The van der Waals surface area contributed by atoms with Gasteiger partial charge in [-0.25, -0.2) is 0 Å². The minimum Gasteiger partial charge on any atom is -0.383 e. The summed E-state index contributed by atoms with van der Waals surface area (Å²) in [4.78, 5) is 13.0. The summed E-state index contributed by atoms with van der Waals surface area (Å²) in [6.45, 7) is 10.1. The Morgan fingerprint density at radius 2 is 2.00 bits per heavy atom. The van der Waals surface area contributed by atoms with Crippen LogP contribution < -0.4 is 10.6 Å². The number of anilines is 1. The molecule has 1 aromatic carbocycles. The van der Waals surface area contributed by atoms with E-state index in [1.807, 2.05) is 24.8 Å². The number of carbonyl (C=O) groups excluding carboxylic acids is 1. The molecule has 1 rings (SSSR count). The Balaban J connectivity index is 0.00000441. The van der Waals surface area contributed by atoms with E-state index in [2.05, 4.69) is 43.5 Å². The predicted molar refractivity (Wildman–Crippen MR) is 97.4 cm³/mol. The van der Waals surface area contributed by atoms with Crippen molar-refractivity contribution in [1.82, 2.24) is 5.32 Å². The fourth-order valence-electron chi connectivity index (χ4n) is 1.76. The van der Waals surface area contributed by atoms with E-state index in [9.17, 15) is 4.79 Å². The van der Waals surface area contributed by atoms with E-state index in [1.165, 1.54) is 4.90 Å². The molecule has 0 unspecified atom stereocenters. The predicted octanol–water partition coefficient (Wildman–Crippen LogP) is 3.48. The molecule has 0 aliphatic rings. The zero-order valence-electron chi connectivity index (χ0n) is 14.0. The maximum Gasteiger partial charge on any atom is 0.238 e. The zero-order chi connectivity index (χ0) is 15.9. The molecule has 0 heterocycles. The first-order chi connectivity index (χ1) is 9.81. The molecule has 0 spiro atoms. The third-order valence-electron chi connectivity index (χ3n) is 2.66. The van der Waals surface area contributed by atoms with Crippen molar-refractivity contribution in [2.75, 3.05) is 32.1 Å². The molecule has 1 amide bonds. The van der Waals surface area contributed by atoms with Crippen LogP contribution in [0.15, 0.2) is 23.1 Å². The largest absolute Gasteiger partial charge is 0.383 e. The van der Waals surface area contributed by atoms with Gasteiger partial charge in [-0.1, -0.05) is 20.8 Å². The van der Waals surface area contributed by atoms with E-state index in [-0.39, 0.29) is 23.1 Å². The summed E-state index contributed by atoms with van der Waals surface area (Å²) in [7, 11) is 1.64. The molecule has 4 nitrogen and oxygen atoms in total. The van der Waals surface area contributed by atoms with Gasteiger partial charge in [0.15, 0.2) is 0 Å². The first-order valence-corrected chi connectivity index (χ1v) is 7.92. The van der Waals surface area contributed by atoms with Crippen LogP contribution in [0, 0.1) is 6.92 Å². The third kappa shape index (κ3) is 8.63. The number of nitrogens with one attached hydrogen (secondary N) is 2. The summed E-state index contributed by atoms with van der Waals surface area (Å²) in [5.41, 5.74) is 1.95. The van der Waals surface area contributed by atoms with E-state index in [0.717, 1.165) is 11.3 Å². The normalized spacial score (nSPS) is 11.0. The van der Waals surface area contributed by atoms with Crippen LogP contribution >= 0.6 is 24.2 Å². The van der Waals surface area contributed by atoms with E-state index in [1.54, 1.807) is 7.11 Å². The monoisotopic (exact) mass is 346 g/mol. The topological polar surface area (TPSA) is 50.4 Å². The van der Waals surface area contributed by atoms with Crippen LogP contribution in [-0.4, -0.2) is 37.5 Å². The van der Waals surface area contributed by atoms with Crippen LogP contribution in [0.1, 0.15) is 26.3 Å². The van der Waals surface area contributed by atoms with E-state index < -0.39 is 0 Å². The Morgan fingerprint density at radius 1 is 1.32 bits per heavy atom. The van der Waals surface area contributed by atoms with Crippen molar-refractivity contribution in [3.63, 3.8) is 0 Å². The van der Waals surface area contributed by atoms with Gasteiger partial charge in [-0.2, -0.15) is 0 Å². The SMILES string of the molecule is COCCNCC(=O)Nc1ccc(SC(C)(C)C)cc1C.Cl. The average molecular weight is 347 g/mol. The van der Waals surface area contributed by atoms with Crippen LogP contribution in [0.2, 0.25) is 0 Å². The zero-order valence-corrected chi connectivity index (χ0v) is 15.6. The summed E-state index contributed by atoms with van der Waals surface area (Å²) in [5.74, 6) is -0.0366. The number of methoxy groups -OCH3 is 1. The Morgan fingerprint density at radius 3 is 2.55 bits per heavy atom. The maximum absolute atomic E-state index is 11.8. The fourth-order valence-corrected chi connectivity index (χ4v) is 2.84. The fraction of sp³-hybridized carbons (Fsp3) is 0.562. The molecule has 0 aromatic heterocycles. The van der Waals surface area contributed by atoms with E-state index >= 15 is 0 Å². The molecule has 0 saturated heterocycles. The minimum absolute atomic E-state index is 0. The molecule has 22 heavy (non-hydrogen) atoms. The standard InChI is InChI=1S/C16H26N2O2S.ClH/c1-12-10-13(21-16(2,3)4)6-7-14(12)18-15(19)11-17-8-9-20-5;/h6-7,10,17H,8-9,11H2,1-5H3,(H,18,19);1H. The van der Waals surface area contributed by atoms with Gasteiger partial charge in [0, 0.05) is 29.0 Å². The van der Waals surface area contributed by atoms with Crippen LogP contribution in [-0.2, 0) is 9.53 Å². The Bertz CT molecular complexity index is 476. The lowest BCUT2D eigenvalue weighted by Crippen LogP contribution is -2.30. The summed E-state index contributed by atoms with van der Waals surface area (Å²) in [6.07, 6.45) is 0. The molecule has 6 heteroatoms. The molecule has 126 valence electrons. The number of amides is 1. The molecule has 0 aliphatic carbocycles. The maximum atomic E-state index is 11.8. The highest BCUT2D eigenvalue weighted by Gasteiger charge is 2.13. The number of ether oxygens (including phenoxy) is 1. The summed E-state index contributed by atoms with van der Waals surface area (Å²) < 4.78 is 5.10. The van der Waals surface area contributed by atoms with Crippen molar-refractivity contribution in [3.8, 4) is 0 Å². The van der Waals surface area contributed by atoms with Gasteiger partial charge in [0.05, 0.1) is 13.2 Å². The molecule has 0 fully saturated rings. The second kappa shape index (κ2) is 10.1. The van der Waals surface area contributed by atoms with Crippen molar-refractivity contribution < 1.29 is 9.53 Å². The molecule has 0 atom stereocenters. The van der Waals surface area contributed by atoms with Gasteiger partial charge in [-0.3, -0.25) is 4.79 Å². The molecule has 0 saturated carbocycles. The first-order valence-electron chi connectivity index (χ1n) is 7.11. The van der Waals surface area contributed by atoms with Gasteiger partial charge >= 0.3 is 0 Å². The molecular formula is C16H27ClN2O2S. The third-order valence-corrected chi connectivity index (χ3v) is 3.77. The van der Waals surface area contributed by atoms with Gasteiger partial charge in [-0.15, -0.1) is 24.2 Å². The Hall–Kier alpha value is -0.750. The number of aryl methyl sites for hydroxylation is 1. The lowest BCUT2D eigenvalue weighted by Gasteiger charge is -2.18. The van der Waals surface area contributed by atoms with E-state index in [4.69, 9.17) is 4.74 Å². The molecule has 0 radical (unpaired) electrons. The van der Waals surface area contributed by atoms with Gasteiger partial charge in [0.1, 0.15) is 0 Å². The smallest absolute Gasteiger partial charge is 0.238 e. The second-order valence-corrected chi connectivity index (χ2v) is 7.81. The molecule has 2 N–H and O–H groups in total. The molecule has 0 aliphatic heterocycles. The first kappa shape index (κ1) is 21.2. The highest BCUT2D eigenvalue weighted by molar-refractivity contribution is 8.00. The van der Waals surface area contributed by atoms with Crippen LogP contribution in [0.4, 0.5) is 5.69 Å². The summed E-state index contributed by atoms with van der Waals surface area (Å²) in [5, 5.41) is 5.95. The second-order valence-electron chi connectivity index (χ2n) is 5.91. The highest BCUT2D eigenvalue weighted by atomic mass is 35.5. The quantitative estimate of drug-likeness (QED) is 0.586. The van der Waals surface area contributed by atoms with Crippen molar-refractivity contribution in [2.45, 2.75) is 37.3 Å². The van der Waals surface area contributed by atoms with Gasteiger partial charge in [0.2, 0.25) is 5.91 Å². The minimum atomic E-state index is -0.0366. The number of hydrogen-bond donors (Lipinski definition) is 2. The van der Waals surface area contributed by atoms with Crippen molar-refractivity contribution in [2.24, 2.45) is 0 Å². The van der Waals surface area contributed by atoms with Gasteiger partial charge < -0.3 is 15.4 Å². The van der Waals surface area contributed by atoms with Crippen molar-refractivity contribution in [3.05, 3.63) is 23.8 Å². The molecular weight excluding hydrogens is 320 g/mol. The Kier molecular flexibility index (Phi) is 9.76. The Labute approximate surface area is 144 Å². The molecule has 0 bridgehead atoms. The number of benzene rings is 1. The lowest BCUT2D eigenvalue weighted by molar-refractivity contribution is -0.115. The average Bonchev–Trinajstić information content (AvgIpc) is 2.36. The van der Waals surface area contributed by atoms with Crippen LogP contribution in [0.5, 0.6) is 0 Å². The van der Waals surface area contributed by atoms with Crippen molar-refractivity contribution in [1.29, 1.82) is 0 Å². The summed E-state index contributed by atoms with van der Waals surface area (Å²) >= 11 is 1.82. The van der Waals surface area contributed by atoms with Crippen molar-refractivity contribution >= 4 is 35.8 Å². The number of halogens is 1. The molecule has 1 aromatic rings. The number of carbonyl (C=O) groups is 1.